The van der Waals surface area contributed by atoms with Crippen molar-refractivity contribution < 1.29 is 33.2 Å². The average Bonchev–Trinajstić information content (AvgIpc) is 2.45. The Hall–Kier alpha value is -1.81. The van der Waals surface area contributed by atoms with Crippen LogP contribution in [0.2, 0.25) is 0 Å². The van der Waals surface area contributed by atoms with E-state index in [0.29, 0.717) is 5.56 Å². The van der Waals surface area contributed by atoms with E-state index in [1.807, 2.05) is 0 Å². The fourth-order valence-electron chi connectivity index (χ4n) is 2.10. The first-order valence-electron chi connectivity index (χ1n) is 6.27. The van der Waals surface area contributed by atoms with Gasteiger partial charge in [-0.1, -0.05) is 23.9 Å². The van der Waals surface area contributed by atoms with E-state index in [4.69, 9.17) is 9.76 Å². The molecule has 0 unspecified atom stereocenters. The summed E-state index contributed by atoms with van der Waals surface area (Å²) in [4.78, 5) is 22.6. The van der Waals surface area contributed by atoms with Gasteiger partial charge in [-0.15, -0.1) is 0 Å². The van der Waals surface area contributed by atoms with Gasteiger partial charge in [0.2, 0.25) is 5.91 Å². The van der Waals surface area contributed by atoms with E-state index in [1.54, 1.807) is 6.07 Å². The van der Waals surface area contributed by atoms with Crippen molar-refractivity contribution in [1.29, 1.82) is 0 Å². The van der Waals surface area contributed by atoms with Crippen LogP contribution in [0.25, 0.3) is 0 Å². The molecule has 6 nitrogen and oxygen atoms in total. The molecule has 0 bridgehead atoms. The summed E-state index contributed by atoms with van der Waals surface area (Å²) in [6, 6.07) is 4.47. The van der Waals surface area contributed by atoms with Crippen LogP contribution in [0.5, 0.6) is 5.75 Å². The van der Waals surface area contributed by atoms with E-state index >= 15 is 0 Å². The summed E-state index contributed by atoms with van der Waals surface area (Å²) in [7, 11) is -1.45. The molecule has 1 amide bonds. The Balaban J connectivity index is 2.08. The van der Waals surface area contributed by atoms with Crippen LogP contribution < -0.4 is 9.97 Å². The molecule has 3 N–H and O–H groups in total. The molecule has 0 fully saturated rings. The predicted octanol–water partition coefficient (Wildman–Crippen LogP) is 0.780. The van der Waals surface area contributed by atoms with Crippen LogP contribution in [0.15, 0.2) is 18.2 Å². The van der Waals surface area contributed by atoms with Crippen molar-refractivity contribution >= 4 is 30.8 Å². The third-order valence-electron chi connectivity index (χ3n) is 3.04. The molecule has 118 valence electrons. The molecule has 1 aliphatic rings. The fourth-order valence-corrected chi connectivity index (χ4v) is 2.46. The molecular weight excluding hydrogens is 319 g/mol. The van der Waals surface area contributed by atoms with Crippen molar-refractivity contribution in [2.75, 3.05) is 5.75 Å². The highest BCUT2D eigenvalue weighted by Gasteiger charge is 2.37. The Bertz CT molecular complexity index is 589. The lowest BCUT2D eigenvalue weighted by molar-refractivity contribution is -0.119. The molecule has 1 aromatic carbocycles. The molecule has 22 heavy (non-hydrogen) atoms. The number of fused-ring (bicyclic) bond motifs is 1. The molecule has 0 spiro atoms. The van der Waals surface area contributed by atoms with Gasteiger partial charge < -0.3 is 20.1 Å². The van der Waals surface area contributed by atoms with Gasteiger partial charge in [-0.3, -0.25) is 4.79 Å². The van der Waals surface area contributed by atoms with Gasteiger partial charge in [0, 0.05) is 0 Å². The maximum absolute atomic E-state index is 12.0. The van der Waals surface area contributed by atoms with Crippen molar-refractivity contribution in [3.8, 4) is 5.75 Å². The van der Waals surface area contributed by atoms with Gasteiger partial charge in [0.05, 0.1) is 17.3 Å². The van der Waals surface area contributed by atoms with E-state index in [2.05, 4.69) is 5.32 Å². The minimum atomic E-state index is -2.66. The minimum Gasteiger partial charge on any atom is -0.534 e. The number of carboxylic acids is 1. The van der Waals surface area contributed by atoms with Gasteiger partial charge in [-0.2, -0.15) is 8.78 Å². The van der Waals surface area contributed by atoms with Gasteiger partial charge in [0.25, 0.3) is 5.76 Å². The SMILES string of the molecule is O=C(CSC(F)F)N[C@H]1Cc2cccc(C(=O)O)c2OB1O. The van der Waals surface area contributed by atoms with Crippen molar-refractivity contribution in [3.63, 3.8) is 0 Å². The van der Waals surface area contributed by atoms with Crippen LogP contribution in [0.1, 0.15) is 15.9 Å². The number of hydrogen-bond donors (Lipinski definition) is 3. The molecule has 10 heteroatoms. The zero-order valence-corrected chi connectivity index (χ0v) is 12.0. The van der Waals surface area contributed by atoms with Crippen molar-refractivity contribution in [3.05, 3.63) is 29.3 Å². The van der Waals surface area contributed by atoms with Crippen molar-refractivity contribution in [2.45, 2.75) is 18.1 Å². The number of rotatable bonds is 5. The molecule has 1 heterocycles. The second-order valence-electron chi connectivity index (χ2n) is 4.56. The second-order valence-corrected chi connectivity index (χ2v) is 5.54. The first-order chi connectivity index (χ1) is 10.4. The summed E-state index contributed by atoms with van der Waals surface area (Å²) in [6.45, 7) is 0. The largest absolute Gasteiger partial charge is 0.547 e. The number of halogens is 2. The normalized spacial score (nSPS) is 16.9. The predicted molar refractivity (Wildman–Crippen MR) is 76.1 cm³/mol. The smallest absolute Gasteiger partial charge is 0.534 e. The number of carbonyl (C=O) groups excluding carboxylic acids is 1. The molecule has 0 radical (unpaired) electrons. The molecular formula is C12H12BF2NO5S. The monoisotopic (exact) mass is 331 g/mol. The molecule has 1 aromatic rings. The molecule has 0 aliphatic carbocycles. The second kappa shape index (κ2) is 6.97. The van der Waals surface area contributed by atoms with Gasteiger partial charge in [-0.25, -0.2) is 4.79 Å². The Morgan fingerprint density at radius 3 is 2.86 bits per heavy atom. The summed E-state index contributed by atoms with van der Waals surface area (Å²) in [6.07, 6.45) is 0.142. The summed E-state index contributed by atoms with van der Waals surface area (Å²) in [5.74, 6) is -5.73. The number of hydrogen-bond acceptors (Lipinski definition) is 5. The summed E-state index contributed by atoms with van der Waals surface area (Å²) in [5.41, 5.74) is 0.423. The van der Waals surface area contributed by atoms with E-state index in [-0.39, 0.29) is 29.5 Å². The van der Waals surface area contributed by atoms with E-state index in [0.717, 1.165) is 0 Å². The lowest BCUT2D eigenvalue weighted by Crippen LogP contribution is -2.53. The number of alkyl halides is 2. The number of nitrogens with one attached hydrogen (secondary N) is 1. The molecule has 0 aromatic heterocycles. The highest BCUT2D eigenvalue weighted by molar-refractivity contribution is 8.00. The van der Waals surface area contributed by atoms with Crippen LogP contribution in [-0.4, -0.2) is 46.6 Å². The zero-order valence-electron chi connectivity index (χ0n) is 11.2. The number of para-hydroxylation sites is 1. The Labute approximate surface area is 129 Å². The van der Waals surface area contributed by atoms with Crippen LogP contribution in [0.4, 0.5) is 8.78 Å². The van der Waals surface area contributed by atoms with Crippen LogP contribution in [0, 0.1) is 0 Å². The number of carbonyl (C=O) groups is 2. The fraction of sp³-hybridized carbons (Fsp3) is 0.333. The molecule has 1 atom stereocenters. The highest BCUT2D eigenvalue weighted by Crippen LogP contribution is 2.30. The van der Waals surface area contributed by atoms with Crippen LogP contribution in [0.3, 0.4) is 0 Å². The van der Waals surface area contributed by atoms with E-state index in [9.17, 15) is 23.4 Å². The Morgan fingerprint density at radius 1 is 1.50 bits per heavy atom. The standard InChI is InChI=1S/C12H12BF2NO5S/c14-12(15)22-5-9(17)16-8-4-6-2-1-3-7(11(18)19)10(6)21-13(8)20/h1-3,8,12,20H,4-5H2,(H,16,17)(H,18,19)/t8-/m0/s1. The molecule has 0 saturated carbocycles. The number of benzene rings is 1. The lowest BCUT2D eigenvalue weighted by atomic mass is 9.72. The quantitative estimate of drug-likeness (QED) is 0.690. The van der Waals surface area contributed by atoms with Gasteiger partial charge in [0.15, 0.2) is 0 Å². The summed E-state index contributed by atoms with van der Waals surface area (Å²) in [5, 5.41) is 21.3. The Morgan fingerprint density at radius 2 is 2.23 bits per heavy atom. The first kappa shape index (κ1) is 16.6. The molecule has 0 saturated heterocycles. The minimum absolute atomic E-state index is 0.0509. The van der Waals surface area contributed by atoms with Crippen LogP contribution >= 0.6 is 11.8 Å². The zero-order chi connectivity index (χ0) is 16.3. The van der Waals surface area contributed by atoms with Gasteiger partial charge in [-0.05, 0) is 18.1 Å². The molecule has 1 aliphatic heterocycles. The first-order valence-corrected chi connectivity index (χ1v) is 7.32. The van der Waals surface area contributed by atoms with E-state index in [1.165, 1.54) is 12.1 Å². The average molecular weight is 331 g/mol. The third kappa shape index (κ3) is 3.89. The maximum Gasteiger partial charge on any atom is 0.547 e. The van der Waals surface area contributed by atoms with Crippen molar-refractivity contribution in [1.82, 2.24) is 5.32 Å². The summed E-state index contributed by atoms with van der Waals surface area (Å²) >= 11 is 0.176. The number of amides is 1. The van der Waals surface area contributed by atoms with E-state index < -0.39 is 36.4 Å². The number of carboxylic acid groups (broad SMARTS) is 1. The molecule has 2 rings (SSSR count). The number of aromatic carboxylic acids is 1. The van der Waals surface area contributed by atoms with Crippen LogP contribution in [-0.2, 0) is 11.2 Å². The summed E-state index contributed by atoms with van der Waals surface area (Å²) < 4.78 is 29.2. The highest BCUT2D eigenvalue weighted by atomic mass is 32.2. The van der Waals surface area contributed by atoms with Crippen molar-refractivity contribution in [2.24, 2.45) is 0 Å². The lowest BCUT2D eigenvalue weighted by Gasteiger charge is -2.28. The Kier molecular flexibility index (Phi) is 5.25. The number of thioether (sulfide) groups is 1. The maximum atomic E-state index is 12.0. The third-order valence-corrected chi connectivity index (χ3v) is 3.72. The van der Waals surface area contributed by atoms with Gasteiger partial charge >= 0.3 is 13.1 Å². The topological polar surface area (TPSA) is 95.9 Å². The van der Waals surface area contributed by atoms with Gasteiger partial charge in [0.1, 0.15) is 5.75 Å².